The largest absolute Gasteiger partial charge is 0.507 e. The molecule has 0 aliphatic heterocycles. The molecule has 0 amide bonds. The lowest BCUT2D eigenvalue weighted by Crippen LogP contribution is -1.84. The Balaban J connectivity index is 2.72. The second-order valence-corrected chi connectivity index (χ2v) is 4.63. The molecule has 0 radical (unpaired) electrons. The second-order valence-electron chi connectivity index (χ2n) is 4.22. The predicted molar refractivity (Wildman–Crippen MR) is 73.1 cm³/mol. The van der Waals surface area contributed by atoms with E-state index in [0.717, 1.165) is 6.07 Å². The normalized spacial score (nSPS) is 11.2. The molecule has 19 heavy (non-hydrogen) atoms. The Kier molecular flexibility index (Phi) is 2.37. The van der Waals surface area contributed by atoms with Crippen LogP contribution >= 0.6 is 11.6 Å². The van der Waals surface area contributed by atoms with E-state index < -0.39 is 0 Å². The minimum absolute atomic E-state index is 0.0295. The zero-order valence-corrected chi connectivity index (χ0v) is 10.3. The third-order valence-electron chi connectivity index (χ3n) is 3.14. The van der Waals surface area contributed by atoms with Gasteiger partial charge < -0.3 is 20.4 Å². The smallest absolute Gasteiger partial charge is 0.146 e. The third-order valence-corrected chi connectivity index (χ3v) is 3.43. The molecule has 0 aliphatic carbocycles. The summed E-state index contributed by atoms with van der Waals surface area (Å²) < 4.78 is 0. The van der Waals surface area contributed by atoms with E-state index in [4.69, 9.17) is 11.6 Å². The fraction of sp³-hybridized carbons (Fsp3) is 0. The maximum Gasteiger partial charge on any atom is 0.146 e. The van der Waals surface area contributed by atoms with Crippen molar-refractivity contribution in [1.82, 2.24) is 0 Å². The second kappa shape index (κ2) is 3.83. The molecule has 0 unspecified atom stereocenters. The first kappa shape index (κ1) is 11.7. The van der Waals surface area contributed by atoms with Gasteiger partial charge in [0.2, 0.25) is 0 Å². The Morgan fingerprint density at radius 2 is 1.26 bits per heavy atom. The number of fused-ring (bicyclic) bond motifs is 2. The summed E-state index contributed by atoms with van der Waals surface area (Å²) in [5, 5.41) is 40.8. The van der Waals surface area contributed by atoms with Gasteiger partial charge in [-0.2, -0.15) is 0 Å². The highest BCUT2D eigenvalue weighted by molar-refractivity contribution is 6.34. The van der Waals surface area contributed by atoms with Crippen LogP contribution in [0.5, 0.6) is 23.0 Å². The third kappa shape index (κ3) is 1.47. The van der Waals surface area contributed by atoms with Crippen LogP contribution in [-0.2, 0) is 0 Å². The van der Waals surface area contributed by atoms with Crippen molar-refractivity contribution in [2.24, 2.45) is 0 Å². The van der Waals surface area contributed by atoms with Crippen LogP contribution in [0.3, 0.4) is 0 Å². The number of aromatic hydroxyl groups is 4. The van der Waals surface area contributed by atoms with Crippen molar-refractivity contribution in [2.45, 2.75) is 0 Å². The fourth-order valence-corrected chi connectivity index (χ4v) is 2.46. The molecule has 0 saturated heterocycles. The van der Waals surface area contributed by atoms with Crippen LogP contribution in [-0.4, -0.2) is 20.4 Å². The molecule has 0 bridgehead atoms. The average molecular weight is 277 g/mol. The standard InChI is InChI=1S/C14H9ClO4/c15-8-5-9(16)10-11(14(8)19)13(18)7-4-2-1-3-6(7)12(10)17/h1-5,16-19H. The lowest BCUT2D eigenvalue weighted by Gasteiger charge is -2.12. The van der Waals surface area contributed by atoms with Crippen LogP contribution < -0.4 is 0 Å². The van der Waals surface area contributed by atoms with Crippen LogP contribution in [0.15, 0.2) is 30.3 Å². The Bertz CT molecular complexity index is 827. The lowest BCUT2D eigenvalue weighted by atomic mass is 9.99. The van der Waals surface area contributed by atoms with Crippen molar-refractivity contribution in [3.8, 4) is 23.0 Å². The number of rotatable bonds is 0. The number of hydrogen-bond donors (Lipinski definition) is 4. The van der Waals surface area contributed by atoms with Gasteiger partial charge in [-0.3, -0.25) is 0 Å². The highest BCUT2D eigenvalue weighted by Gasteiger charge is 2.20. The number of hydrogen-bond acceptors (Lipinski definition) is 4. The average Bonchev–Trinajstić information content (AvgIpc) is 2.40. The first-order chi connectivity index (χ1) is 9.02. The minimum Gasteiger partial charge on any atom is -0.507 e. The highest BCUT2D eigenvalue weighted by Crippen LogP contribution is 2.50. The maximum atomic E-state index is 10.2. The van der Waals surface area contributed by atoms with E-state index in [2.05, 4.69) is 0 Å². The summed E-state index contributed by atoms with van der Waals surface area (Å²) in [6, 6.07) is 7.71. The van der Waals surface area contributed by atoms with Crippen LogP contribution in [0.25, 0.3) is 21.5 Å². The van der Waals surface area contributed by atoms with E-state index in [1.165, 1.54) is 0 Å². The summed E-state index contributed by atoms with van der Waals surface area (Å²) in [6.45, 7) is 0. The molecule has 0 atom stereocenters. The number of halogens is 1. The van der Waals surface area contributed by atoms with Gasteiger partial charge >= 0.3 is 0 Å². The summed E-state index contributed by atoms with van der Waals surface area (Å²) in [7, 11) is 0. The van der Waals surface area contributed by atoms with Gasteiger partial charge in [-0.05, 0) is 0 Å². The summed E-state index contributed by atoms with van der Waals surface area (Å²) in [4.78, 5) is 0. The highest BCUT2D eigenvalue weighted by atomic mass is 35.5. The van der Waals surface area contributed by atoms with Crippen LogP contribution in [0, 0.1) is 0 Å². The molecule has 0 spiro atoms. The molecular formula is C14H9ClO4. The molecule has 5 heteroatoms. The van der Waals surface area contributed by atoms with Crippen molar-refractivity contribution in [2.75, 3.05) is 0 Å². The number of phenols is 4. The van der Waals surface area contributed by atoms with Crippen LogP contribution in [0.2, 0.25) is 5.02 Å². The molecule has 0 aromatic heterocycles. The van der Waals surface area contributed by atoms with Crippen molar-refractivity contribution < 1.29 is 20.4 Å². The fourth-order valence-electron chi connectivity index (χ4n) is 2.26. The topological polar surface area (TPSA) is 80.9 Å². The van der Waals surface area contributed by atoms with Gasteiger partial charge in [0.05, 0.1) is 15.8 Å². The first-order valence-electron chi connectivity index (χ1n) is 5.49. The Labute approximate surface area is 112 Å². The van der Waals surface area contributed by atoms with Gasteiger partial charge in [0.15, 0.2) is 0 Å². The minimum atomic E-state index is -0.381. The van der Waals surface area contributed by atoms with Crippen molar-refractivity contribution in [3.05, 3.63) is 35.4 Å². The molecule has 0 aliphatic rings. The summed E-state index contributed by atoms with van der Waals surface area (Å²) in [6.07, 6.45) is 0. The summed E-state index contributed by atoms with van der Waals surface area (Å²) >= 11 is 5.77. The Morgan fingerprint density at radius 1 is 0.737 bits per heavy atom. The quantitative estimate of drug-likeness (QED) is 0.374. The zero-order valence-electron chi connectivity index (χ0n) is 9.55. The van der Waals surface area contributed by atoms with Gasteiger partial charge in [-0.15, -0.1) is 0 Å². The molecule has 4 nitrogen and oxygen atoms in total. The molecule has 96 valence electrons. The Hall–Kier alpha value is -2.33. The maximum absolute atomic E-state index is 10.2. The number of benzene rings is 3. The van der Waals surface area contributed by atoms with Gasteiger partial charge in [-0.1, -0.05) is 35.9 Å². The van der Waals surface area contributed by atoms with E-state index in [1.54, 1.807) is 24.3 Å². The summed E-state index contributed by atoms with van der Waals surface area (Å²) in [5.74, 6) is -1.14. The number of phenolic OH excluding ortho intramolecular Hbond substituents is 4. The SMILES string of the molecule is Oc1cc(Cl)c(O)c2c(O)c3ccccc3c(O)c12. The van der Waals surface area contributed by atoms with E-state index in [-0.39, 0.29) is 38.8 Å². The summed E-state index contributed by atoms with van der Waals surface area (Å²) in [5.41, 5.74) is 0. The van der Waals surface area contributed by atoms with Crippen molar-refractivity contribution >= 4 is 33.1 Å². The Morgan fingerprint density at radius 3 is 1.84 bits per heavy atom. The van der Waals surface area contributed by atoms with E-state index in [9.17, 15) is 20.4 Å². The molecule has 3 aromatic carbocycles. The van der Waals surface area contributed by atoms with Crippen LogP contribution in [0.4, 0.5) is 0 Å². The van der Waals surface area contributed by atoms with Crippen molar-refractivity contribution in [1.29, 1.82) is 0 Å². The molecule has 0 heterocycles. The van der Waals surface area contributed by atoms with Gasteiger partial charge in [0.1, 0.15) is 23.0 Å². The molecule has 0 fully saturated rings. The molecule has 4 N–H and O–H groups in total. The van der Waals surface area contributed by atoms with E-state index in [1.807, 2.05) is 0 Å². The van der Waals surface area contributed by atoms with Crippen molar-refractivity contribution in [3.63, 3.8) is 0 Å². The van der Waals surface area contributed by atoms with Crippen LogP contribution in [0.1, 0.15) is 0 Å². The monoisotopic (exact) mass is 276 g/mol. The van der Waals surface area contributed by atoms with Gasteiger partial charge in [-0.25, -0.2) is 0 Å². The molecule has 3 rings (SSSR count). The van der Waals surface area contributed by atoms with E-state index >= 15 is 0 Å². The van der Waals surface area contributed by atoms with Gasteiger partial charge in [0, 0.05) is 16.8 Å². The van der Waals surface area contributed by atoms with E-state index in [0.29, 0.717) is 10.8 Å². The first-order valence-corrected chi connectivity index (χ1v) is 5.87. The molecular weight excluding hydrogens is 268 g/mol. The zero-order chi connectivity index (χ0) is 13.7. The molecule has 0 saturated carbocycles. The molecule has 3 aromatic rings. The predicted octanol–water partition coefficient (Wildman–Crippen LogP) is 3.47. The lowest BCUT2D eigenvalue weighted by molar-refractivity contribution is 0.452. The van der Waals surface area contributed by atoms with Gasteiger partial charge in [0.25, 0.3) is 0 Å².